The van der Waals surface area contributed by atoms with Gasteiger partial charge < -0.3 is 15.4 Å². The Morgan fingerprint density at radius 2 is 1.85 bits per heavy atom. The number of anilines is 1. The zero-order chi connectivity index (χ0) is 15.5. The van der Waals surface area contributed by atoms with Crippen molar-refractivity contribution in [3.8, 4) is 5.75 Å². The third kappa shape index (κ3) is 9.00. The van der Waals surface area contributed by atoms with Gasteiger partial charge in [-0.05, 0) is 64.5 Å². The Balaban J connectivity index is 0.000000511. The Morgan fingerprint density at radius 3 is 2.20 bits per heavy atom. The standard InChI is InChI=1S/C9H10Br3NO.C5H11N/c10-2-1-3-14-9-7(11)4-6(13)5-8(9)12;1-4-5-6(2)3/h4-5H,1-3,13H2;4H,1,5H2,2-3H3. The SMILES string of the molecule is C=CCN(C)C.Nc1cc(Br)c(OCCCBr)c(Br)c1. The number of nitrogens with zero attached hydrogens (tertiary/aromatic N) is 1. The van der Waals surface area contributed by atoms with Crippen LogP contribution in [0.3, 0.4) is 0 Å². The van der Waals surface area contributed by atoms with Crippen LogP contribution in [0.5, 0.6) is 5.75 Å². The molecule has 0 atom stereocenters. The summed E-state index contributed by atoms with van der Waals surface area (Å²) in [4.78, 5) is 2.06. The van der Waals surface area contributed by atoms with Crippen molar-refractivity contribution in [1.82, 2.24) is 4.90 Å². The number of hydrogen-bond donors (Lipinski definition) is 1. The molecule has 0 fully saturated rings. The average Bonchev–Trinajstić information content (AvgIpc) is 2.33. The monoisotopic (exact) mass is 470 g/mol. The van der Waals surface area contributed by atoms with E-state index >= 15 is 0 Å². The van der Waals surface area contributed by atoms with Crippen molar-refractivity contribution < 1.29 is 4.74 Å². The molecule has 0 bridgehead atoms. The second-order valence-electron chi connectivity index (χ2n) is 4.26. The number of halogens is 3. The molecule has 0 aliphatic rings. The minimum absolute atomic E-state index is 0.687. The number of hydrogen-bond acceptors (Lipinski definition) is 3. The van der Waals surface area contributed by atoms with E-state index in [4.69, 9.17) is 10.5 Å². The molecule has 0 unspecified atom stereocenters. The molecule has 1 aromatic carbocycles. The summed E-state index contributed by atoms with van der Waals surface area (Å²) in [5.41, 5.74) is 6.37. The summed E-state index contributed by atoms with van der Waals surface area (Å²) in [6, 6.07) is 3.66. The van der Waals surface area contributed by atoms with E-state index in [0.29, 0.717) is 12.3 Å². The molecule has 20 heavy (non-hydrogen) atoms. The molecule has 0 saturated carbocycles. The van der Waals surface area contributed by atoms with Crippen molar-refractivity contribution in [1.29, 1.82) is 0 Å². The van der Waals surface area contributed by atoms with Crippen molar-refractivity contribution in [2.24, 2.45) is 0 Å². The van der Waals surface area contributed by atoms with E-state index in [1.165, 1.54) is 0 Å². The lowest BCUT2D eigenvalue weighted by molar-refractivity contribution is 0.315. The van der Waals surface area contributed by atoms with Crippen molar-refractivity contribution in [3.63, 3.8) is 0 Å². The summed E-state index contributed by atoms with van der Waals surface area (Å²) in [5.74, 6) is 0.806. The van der Waals surface area contributed by atoms with Crippen LogP contribution in [-0.2, 0) is 0 Å². The highest BCUT2D eigenvalue weighted by atomic mass is 79.9. The highest BCUT2D eigenvalue weighted by Crippen LogP contribution is 2.35. The van der Waals surface area contributed by atoms with Crippen LogP contribution in [0.2, 0.25) is 0 Å². The van der Waals surface area contributed by atoms with Crippen LogP contribution in [0.4, 0.5) is 5.69 Å². The lowest BCUT2D eigenvalue weighted by Gasteiger charge is -2.10. The second kappa shape index (κ2) is 11.6. The van der Waals surface area contributed by atoms with Gasteiger partial charge in [0, 0.05) is 17.6 Å². The van der Waals surface area contributed by atoms with Crippen LogP contribution < -0.4 is 10.5 Å². The van der Waals surface area contributed by atoms with Gasteiger partial charge >= 0.3 is 0 Å². The molecule has 0 heterocycles. The number of benzene rings is 1. The molecule has 0 aliphatic carbocycles. The first kappa shape index (κ1) is 20.0. The summed E-state index contributed by atoms with van der Waals surface area (Å²) in [7, 11) is 4.03. The zero-order valence-corrected chi connectivity index (χ0v) is 16.6. The predicted molar refractivity (Wildman–Crippen MR) is 98.9 cm³/mol. The van der Waals surface area contributed by atoms with E-state index in [9.17, 15) is 0 Å². The van der Waals surface area contributed by atoms with Crippen LogP contribution in [0.15, 0.2) is 33.7 Å². The number of nitrogens with two attached hydrogens (primary N) is 1. The van der Waals surface area contributed by atoms with Gasteiger partial charge in [0.2, 0.25) is 0 Å². The van der Waals surface area contributed by atoms with Gasteiger partial charge in [-0.3, -0.25) is 0 Å². The summed E-state index contributed by atoms with van der Waals surface area (Å²) in [6.07, 6.45) is 2.85. The molecule has 0 radical (unpaired) electrons. The predicted octanol–water partition coefficient (Wildman–Crippen LogP) is 4.69. The van der Waals surface area contributed by atoms with Crippen molar-refractivity contribution in [2.75, 3.05) is 38.3 Å². The van der Waals surface area contributed by atoms with Crippen LogP contribution in [-0.4, -0.2) is 37.5 Å². The van der Waals surface area contributed by atoms with Crippen LogP contribution in [0.25, 0.3) is 0 Å². The van der Waals surface area contributed by atoms with Crippen LogP contribution in [0, 0.1) is 0 Å². The fraction of sp³-hybridized carbons (Fsp3) is 0.429. The lowest BCUT2D eigenvalue weighted by Crippen LogP contribution is -2.09. The summed E-state index contributed by atoms with van der Waals surface area (Å²) in [5, 5.41) is 0.942. The molecule has 0 spiro atoms. The first-order valence-electron chi connectivity index (χ1n) is 6.11. The molecule has 114 valence electrons. The molecular weight excluding hydrogens is 452 g/mol. The topological polar surface area (TPSA) is 38.5 Å². The maximum absolute atomic E-state index is 5.66. The van der Waals surface area contributed by atoms with Crippen LogP contribution in [0.1, 0.15) is 6.42 Å². The maximum Gasteiger partial charge on any atom is 0.147 e. The maximum atomic E-state index is 5.66. The smallest absolute Gasteiger partial charge is 0.147 e. The lowest BCUT2D eigenvalue weighted by atomic mass is 10.3. The molecule has 0 amide bonds. The van der Waals surface area contributed by atoms with Crippen molar-refractivity contribution in [2.45, 2.75) is 6.42 Å². The molecule has 0 aromatic heterocycles. The Morgan fingerprint density at radius 1 is 1.30 bits per heavy atom. The van der Waals surface area contributed by atoms with E-state index in [1.54, 1.807) is 0 Å². The molecule has 1 rings (SSSR count). The van der Waals surface area contributed by atoms with Gasteiger partial charge in [-0.25, -0.2) is 0 Å². The van der Waals surface area contributed by atoms with Gasteiger partial charge in [-0.15, -0.1) is 6.58 Å². The third-order valence-electron chi connectivity index (χ3n) is 2.04. The number of likely N-dealkylation sites (N-methyl/N-ethyl adjacent to an activating group) is 1. The Hall–Kier alpha value is -0.0400. The number of nitrogen functional groups attached to an aromatic ring is 1. The summed E-state index contributed by atoms with van der Waals surface area (Å²) in [6.45, 7) is 5.22. The fourth-order valence-electron chi connectivity index (χ4n) is 1.20. The quantitative estimate of drug-likeness (QED) is 0.282. The largest absolute Gasteiger partial charge is 0.491 e. The molecule has 6 heteroatoms. The Kier molecular flexibility index (Phi) is 11.6. The Bertz CT molecular complexity index is 388. The molecule has 1 aromatic rings. The highest BCUT2D eigenvalue weighted by Gasteiger charge is 2.07. The van der Waals surface area contributed by atoms with E-state index in [1.807, 2.05) is 32.3 Å². The zero-order valence-electron chi connectivity index (χ0n) is 11.8. The molecule has 3 nitrogen and oxygen atoms in total. The first-order valence-corrected chi connectivity index (χ1v) is 8.82. The molecule has 0 saturated heterocycles. The van der Waals surface area contributed by atoms with E-state index in [0.717, 1.165) is 33.0 Å². The van der Waals surface area contributed by atoms with Gasteiger partial charge in [0.15, 0.2) is 0 Å². The third-order valence-corrected chi connectivity index (χ3v) is 3.78. The van der Waals surface area contributed by atoms with E-state index in [-0.39, 0.29) is 0 Å². The van der Waals surface area contributed by atoms with Gasteiger partial charge in [-0.2, -0.15) is 0 Å². The molecular formula is C14H21Br3N2O. The van der Waals surface area contributed by atoms with Crippen LogP contribution >= 0.6 is 47.8 Å². The van der Waals surface area contributed by atoms with Crippen molar-refractivity contribution >= 4 is 53.5 Å². The summed E-state index contributed by atoms with van der Waals surface area (Å²) >= 11 is 10.2. The van der Waals surface area contributed by atoms with Gasteiger partial charge in [-0.1, -0.05) is 22.0 Å². The fourth-order valence-corrected chi connectivity index (χ4v) is 2.88. The normalized spacial score (nSPS) is 9.90. The van der Waals surface area contributed by atoms with E-state index in [2.05, 4.69) is 59.3 Å². The minimum Gasteiger partial charge on any atom is -0.491 e. The molecule has 2 N–H and O–H groups in total. The van der Waals surface area contributed by atoms with E-state index < -0.39 is 0 Å². The Labute approximate surface area is 146 Å². The highest BCUT2D eigenvalue weighted by molar-refractivity contribution is 9.11. The van der Waals surface area contributed by atoms with Gasteiger partial charge in [0.25, 0.3) is 0 Å². The first-order chi connectivity index (χ1) is 9.42. The number of ether oxygens (including phenoxy) is 1. The second-order valence-corrected chi connectivity index (χ2v) is 6.76. The van der Waals surface area contributed by atoms with Gasteiger partial charge in [0.05, 0.1) is 15.6 Å². The summed E-state index contributed by atoms with van der Waals surface area (Å²) < 4.78 is 7.33. The molecule has 0 aliphatic heterocycles. The minimum atomic E-state index is 0.687. The number of alkyl halides is 1. The average molecular weight is 473 g/mol. The van der Waals surface area contributed by atoms with Crippen molar-refractivity contribution in [3.05, 3.63) is 33.7 Å². The number of rotatable bonds is 6. The van der Waals surface area contributed by atoms with Gasteiger partial charge in [0.1, 0.15) is 5.75 Å².